The summed E-state index contributed by atoms with van der Waals surface area (Å²) in [7, 11) is 0. The van der Waals surface area contributed by atoms with Gasteiger partial charge in [0.05, 0.1) is 42.7 Å². The van der Waals surface area contributed by atoms with Gasteiger partial charge in [0.25, 0.3) is 0 Å². The fraction of sp³-hybridized carbons (Fsp3) is 0.769. The van der Waals surface area contributed by atoms with Crippen molar-refractivity contribution in [1.82, 2.24) is 5.32 Å². The van der Waals surface area contributed by atoms with E-state index in [0.717, 1.165) is 37.7 Å². The third-order valence-electron chi connectivity index (χ3n) is 13.8. The summed E-state index contributed by atoms with van der Waals surface area (Å²) in [5.74, 6) is -0.129. The van der Waals surface area contributed by atoms with Gasteiger partial charge in [-0.05, 0) is 106 Å². The smallest absolute Gasteiger partial charge is 0.159 e. The maximum Gasteiger partial charge on any atom is 0.159 e. The second-order valence-electron chi connectivity index (χ2n) is 16.6. The summed E-state index contributed by atoms with van der Waals surface area (Å²) in [5.41, 5.74) is -1.56. The number of ketones is 1. The number of benzene rings is 1. The van der Waals surface area contributed by atoms with Crippen molar-refractivity contribution in [3.05, 3.63) is 47.5 Å². The van der Waals surface area contributed by atoms with Crippen molar-refractivity contribution < 1.29 is 34.7 Å². The highest BCUT2D eigenvalue weighted by molar-refractivity contribution is 5.95. The van der Waals surface area contributed by atoms with Crippen LogP contribution in [0, 0.1) is 40.4 Å². The van der Waals surface area contributed by atoms with Gasteiger partial charge in [-0.25, -0.2) is 0 Å². The fourth-order valence-corrected chi connectivity index (χ4v) is 10.9. The molecule has 8 heteroatoms. The standard InChI is InChI=1S/C39H59NO7/c1-24-23-47-34(28(24)22-40-21-25(2)41)35(43)38(5,44)33-13-17-39(45)30-20-32(42)31-19-27(46-18-14-26-9-7-6-8-10-26)11-15-36(31,3)29(30)12-16-37(33,39)4/h6-10,20,24-25,27-29,31,33-35,40-41,43-45H,11-19,21-23H2,1-5H3. The van der Waals surface area contributed by atoms with Crippen molar-refractivity contribution in [3.63, 3.8) is 0 Å². The highest BCUT2D eigenvalue weighted by Crippen LogP contribution is 2.68. The van der Waals surface area contributed by atoms with Gasteiger partial charge in [-0.2, -0.15) is 0 Å². The van der Waals surface area contributed by atoms with E-state index < -0.39 is 34.9 Å². The third kappa shape index (κ3) is 6.08. The van der Waals surface area contributed by atoms with Gasteiger partial charge < -0.3 is 35.2 Å². The van der Waals surface area contributed by atoms with E-state index in [4.69, 9.17) is 9.47 Å². The second kappa shape index (κ2) is 13.2. The van der Waals surface area contributed by atoms with Crippen LogP contribution in [0.5, 0.6) is 0 Å². The van der Waals surface area contributed by atoms with Crippen LogP contribution < -0.4 is 5.32 Å². The van der Waals surface area contributed by atoms with Crippen LogP contribution in [0.1, 0.15) is 85.1 Å². The number of hydrogen-bond acceptors (Lipinski definition) is 8. The summed E-state index contributed by atoms with van der Waals surface area (Å²) < 4.78 is 12.5. The van der Waals surface area contributed by atoms with E-state index in [0.29, 0.717) is 45.6 Å². The predicted molar refractivity (Wildman–Crippen MR) is 181 cm³/mol. The maximum absolute atomic E-state index is 13.9. The summed E-state index contributed by atoms with van der Waals surface area (Å²) in [6.45, 7) is 12.0. The first kappa shape index (κ1) is 35.2. The Labute approximate surface area is 281 Å². The summed E-state index contributed by atoms with van der Waals surface area (Å²) in [6, 6.07) is 10.3. The van der Waals surface area contributed by atoms with E-state index >= 15 is 0 Å². The number of aliphatic hydroxyl groups is 4. The van der Waals surface area contributed by atoms with Crippen molar-refractivity contribution in [2.45, 2.75) is 122 Å². The largest absolute Gasteiger partial charge is 0.392 e. The molecule has 47 heavy (non-hydrogen) atoms. The molecule has 1 heterocycles. The molecule has 13 unspecified atom stereocenters. The molecule has 1 saturated heterocycles. The van der Waals surface area contributed by atoms with E-state index in [9.17, 15) is 25.2 Å². The lowest BCUT2D eigenvalue weighted by molar-refractivity contribution is -0.193. The van der Waals surface area contributed by atoms with E-state index in [2.05, 4.69) is 38.2 Å². The molecule has 1 aliphatic heterocycles. The summed E-state index contributed by atoms with van der Waals surface area (Å²) in [6.07, 6.45) is 5.60. The Morgan fingerprint density at radius 1 is 1.09 bits per heavy atom. The Morgan fingerprint density at radius 3 is 2.55 bits per heavy atom. The number of allylic oxidation sites excluding steroid dienone is 1. The first-order valence-corrected chi connectivity index (χ1v) is 18.3. The summed E-state index contributed by atoms with van der Waals surface area (Å²) >= 11 is 0. The Hall–Kier alpha value is -1.65. The highest BCUT2D eigenvalue weighted by Gasteiger charge is 2.69. The van der Waals surface area contributed by atoms with Crippen LogP contribution >= 0.6 is 0 Å². The van der Waals surface area contributed by atoms with E-state index in [1.165, 1.54) is 5.56 Å². The normalized spacial score (nSPS) is 42.5. The minimum Gasteiger partial charge on any atom is -0.392 e. The van der Waals surface area contributed by atoms with Crippen LogP contribution in [0.2, 0.25) is 0 Å². The zero-order valence-electron chi connectivity index (χ0n) is 29.2. The molecule has 0 aromatic heterocycles. The van der Waals surface area contributed by atoms with Crippen molar-refractivity contribution in [2.24, 2.45) is 40.4 Å². The molecule has 4 aliphatic carbocycles. The molecule has 0 spiro atoms. The van der Waals surface area contributed by atoms with Crippen molar-refractivity contribution in [2.75, 3.05) is 26.3 Å². The Morgan fingerprint density at radius 2 is 1.83 bits per heavy atom. The van der Waals surface area contributed by atoms with E-state index in [1.54, 1.807) is 19.9 Å². The first-order valence-electron chi connectivity index (χ1n) is 18.3. The average Bonchev–Trinajstić information content (AvgIpc) is 3.54. The van der Waals surface area contributed by atoms with Gasteiger partial charge in [0.2, 0.25) is 0 Å². The molecule has 1 aromatic rings. The van der Waals surface area contributed by atoms with Crippen LogP contribution in [0.3, 0.4) is 0 Å². The van der Waals surface area contributed by atoms with Gasteiger partial charge in [0, 0.05) is 30.3 Å². The quantitative estimate of drug-likeness (QED) is 0.240. The molecule has 262 valence electrons. The van der Waals surface area contributed by atoms with Crippen molar-refractivity contribution >= 4 is 5.78 Å². The number of nitrogens with one attached hydrogen (secondary N) is 1. The van der Waals surface area contributed by atoms with Gasteiger partial charge in [-0.3, -0.25) is 4.79 Å². The minimum atomic E-state index is -1.51. The first-order chi connectivity index (χ1) is 22.2. The van der Waals surface area contributed by atoms with Crippen molar-refractivity contribution in [3.8, 4) is 0 Å². The van der Waals surface area contributed by atoms with Gasteiger partial charge in [0.1, 0.15) is 6.10 Å². The summed E-state index contributed by atoms with van der Waals surface area (Å²) in [5, 5.41) is 49.8. The zero-order valence-corrected chi connectivity index (χ0v) is 29.2. The van der Waals surface area contributed by atoms with Crippen LogP contribution in [0.25, 0.3) is 0 Å². The monoisotopic (exact) mass is 653 g/mol. The number of hydrogen-bond donors (Lipinski definition) is 5. The van der Waals surface area contributed by atoms with Gasteiger partial charge in [0.15, 0.2) is 5.78 Å². The van der Waals surface area contributed by atoms with Crippen LogP contribution in [0.4, 0.5) is 0 Å². The molecule has 0 radical (unpaired) electrons. The lowest BCUT2D eigenvalue weighted by Crippen LogP contribution is -2.63. The second-order valence-corrected chi connectivity index (χ2v) is 16.6. The maximum atomic E-state index is 13.9. The molecule has 5 N–H and O–H groups in total. The SMILES string of the molecule is CC(O)CNCC1C(C)COC1C(O)C(C)(O)C1CCC2(O)C3=CC(=O)C4CC(OCCc5ccccc5)CCC4(C)C3CCC12C. The number of carbonyl (C=O) groups is 1. The highest BCUT2D eigenvalue weighted by atomic mass is 16.5. The molecule has 0 amide bonds. The molecule has 1 aromatic carbocycles. The third-order valence-corrected chi connectivity index (χ3v) is 13.8. The van der Waals surface area contributed by atoms with E-state index in [-0.39, 0.29) is 46.9 Å². The summed E-state index contributed by atoms with van der Waals surface area (Å²) in [4.78, 5) is 13.9. The minimum absolute atomic E-state index is 0.0212. The van der Waals surface area contributed by atoms with Crippen molar-refractivity contribution in [1.29, 1.82) is 0 Å². The number of ether oxygens (including phenoxy) is 2. The number of rotatable bonds is 11. The Bertz CT molecular complexity index is 1300. The van der Waals surface area contributed by atoms with Gasteiger partial charge in [-0.1, -0.05) is 51.1 Å². The molecule has 3 saturated carbocycles. The van der Waals surface area contributed by atoms with Crippen LogP contribution in [0.15, 0.2) is 42.0 Å². The topological polar surface area (TPSA) is 128 Å². The average molecular weight is 654 g/mol. The van der Waals surface area contributed by atoms with Gasteiger partial charge >= 0.3 is 0 Å². The number of carbonyl (C=O) groups excluding carboxylic acids is 1. The fourth-order valence-electron chi connectivity index (χ4n) is 10.9. The van der Waals surface area contributed by atoms with Gasteiger partial charge in [-0.15, -0.1) is 0 Å². The molecule has 13 atom stereocenters. The molecule has 4 fully saturated rings. The Balaban J connectivity index is 1.17. The molecule has 6 rings (SSSR count). The lowest BCUT2D eigenvalue weighted by atomic mass is 9.46. The number of aliphatic hydroxyl groups excluding tert-OH is 2. The van der Waals surface area contributed by atoms with Crippen LogP contribution in [-0.4, -0.2) is 88.1 Å². The lowest BCUT2D eigenvalue weighted by Gasteiger charge is -2.60. The molecular formula is C39H59NO7. The molecule has 5 aliphatic rings. The van der Waals surface area contributed by atoms with Crippen LogP contribution in [-0.2, 0) is 20.7 Å². The van der Waals surface area contributed by atoms with E-state index in [1.807, 2.05) is 18.2 Å². The molecule has 8 nitrogen and oxygen atoms in total. The molecule has 0 bridgehead atoms. The Kier molecular flexibility index (Phi) is 9.91. The zero-order chi connectivity index (χ0) is 33.8. The predicted octanol–water partition coefficient (Wildman–Crippen LogP) is 4.22. The number of fused-ring (bicyclic) bond motifs is 5. The molecular weight excluding hydrogens is 594 g/mol.